The molecular weight excluding hydrogens is 282 g/mol. The van der Waals surface area contributed by atoms with Crippen LogP contribution in [0.15, 0.2) is 24.8 Å². The number of fused-ring (bicyclic) bond motifs is 1. The quantitative estimate of drug-likeness (QED) is 0.666. The molecule has 1 aliphatic rings. The highest BCUT2D eigenvalue weighted by atomic mass is 35.5. The summed E-state index contributed by atoms with van der Waals surface area (Å²) < 4.78 is 15.7. The third-order valence-electron chi connectivity index (χ3n) is 2.86. The van der Waals surface area contributed by atoms with Crippen molar-refractivity contribution in [3.05, 3.63) is 35.4 Å². The van der Waals surface area contributed by atoms with E-state index < -0.39 is 12.0 Å². The maximum atomic E-state index is 11.9. The standard InChI is InChI=1S/C14H16ClNO4/c1-3-4-16-12(14(17)18-2)9-7-10(15)13-11(8-9)19-5-6-20-13/h3,7-8,12,16H,1,4-6H2,2H3. The number of hydrogen-bond donors (Lipinski definition) is 1. The first-order valence-corrected chi connectivity index (χ1v) is 6.56. The van der Waals surface area contributed by atoms with Gasteiger partial charge in [-0.1, -0.05) is 17.7 Å². The third-order valence-corrected chi connectivity index (χ3v) is 3.14. The zero-order valence-electron chi connectivity index (χ0n) is 11.1. The first-order chi connectivity index (χ1) is 9.67. The SMILES string of the molecule is C=CCNC(C(=O)OC)c1cc(Cl)c2c(c1)OCCO2. The summed E-state index contributed by atoms with van der Waals surface area (Å²) >= 11 is 6.17. The predicted molar refractivity (Wildman–Crippen MR) is 75.4 cm³/mol. The van der Waals surface area contributed by atoms with Crippen LogP contribution in [-0.2, 0) is 9.53 Å². The van der Waals surface area contributed by atoms with Crippen molar-refractivity contribution in [1.82, 2.24) is 5.32 Å². The number of methoxy groups -OCH3 is 1. The number of esters is 1. The van der Waals surface area contributed by atoms with Crippen molar-refractivity contribution in [2.45, 2.75) is 6.04 Å². The molecule has 0 saturated heterocycles. The maximum absolute atomic E-state index is 11.9. The molecule has 108 valence electrons. The summed E-state index contributed by atoms with van der Waals surface area (Å²) in [4.78, 5) is 11.9. The number of rotatable bonds is 5. The molecule has 20 heavy (non-hydrogen) atoms. The lowest BCUT2D eigenvalue weighted by Gasteiger charge is -2.22. The van der Waals surface area contributed by atoms with E-state index in [2.05, 4.69) is 11.9 Å². The zero-order valence-corrected chi connectivity index (χ0v) is 11.9. The predicted octanol–water partition coefficient (Wildman–Crippen LogP) is 2.10. The minimum absolute atomic E-state index is 0.403. The second-order valence-electron chi connectivity index (χ2n) is 4.18. The van der Waals surface area contributed by atoms with E-state index in [0.29, 0.717) is 41.8 Å². The Morgan fingerprint density at radius 2 is 2.30 bits per heavy atom. The zero-order chi connectivity index (χ0) is 14.5. The third kappa shape index (κ3) is 3.05. The molecule has 1 unspecified atom stereocenters. The molecule has 6 heteroatoms. The Hall–Kier alpha value is -1.72. The molecule has 1 aromatic rings. The van der Waals surface area contributed by atoms with Gasteiger partial charge < -0.3 is 14.2 Å². The van der Waals surface area contributed by atoms with E-state index in [9.17, 15) is 4.79 Å². The fraction of sp³-hybridized carbons (Fsp3) is 0.357. The van der Waals surface area contributed by atoms with Gasteiger partial charge in [-0.25, -0.2) is 4.79 Å². The molecule has 2 rings (SSSR count). The van der Waals surface area contributed by atoms with Crippen LogP contribution in [0.4, 0.5) is 0 Å². The molecule has 0 spiro atoms. The highest BCUT2D eigenvalue weighted by molar-refractivity contribution is 6.32. The van der Waals surface area contributed by atoms with Gasteiger partial charge in [-0.3, -0.25) is 5.32 Å². The van der Waals surface area contributed by atoms with E-state index in [1.165, 1.54) is 7.11 Å². The molecule has 1 aliphatic heterocycles. The van der Waals surface area contributed by atoms with E-state index in [1.807, 2.05) is 0 Å². The molecule has 0 fully saturated rings. The van der Waals surface area contributed by atoms with Crippen LogP contribution in [-0.4, -0.2) is 32.8 Å². The first kappa shape index (κ1) is 14.7. The summed E-state index contributed by atoms with van der Waals surface area (Å²) in [7, 11) is 1.34. The van der Waals surface area contributed by atoms with Crippen molar-refractivity contribution < 1.29 is 19.0 Å². The minimum Gasteiger partial charge on any atom is -0.486 e. The number of carbonyl (C=O) groups is 1. The lowest BCUT2D eigenvalue weighted by molar-refractivity contribution is -0.143. The Balaban J connectivity index is 2.35. The van der Waals surface area contributed by atoms with E-state index in [1.54, 1.807) is 18.2 Å². The molecule has 1 heterocycles. The van der Waals surface area contributed by atoms with Crippen LogP contribution in [0.25, 0.3) is 0 Å². The smallest absolute Gasteiger partial charge is 0.327 e. The van der Waals surface area contributed by atoms with Crippen molar-refractivity contribution in [2.75, 3.05) is 26.9 Å². The number of halogens is 1. The Bertz CT molecular complexity index is 518. The molecule has 1 aromatic carbocycles. The summed E-state index contributed by atoms with van der Waals surface area (Å²) in [5.41, 5.74) is 0.660. The van der Waals surface area contributed by atoms with E-state index >= 15 is 0 Å². The summed E-state index contributed by atoms with van der Waals surface area (Å²) in [6.45, 7) is 4.99. The number of hydrogen-bond acceptors (Lipinski definition) is 5. The van der Waals surface area contributed by atoms with Gasteiger partial charge in [0.2, 0.25) is 0 Å². The van der Waals surface area contributed by atoms with Crippen molar-refractivity contribution in [1.29, 1.82) is 0 Å². The molecule has 0 aliphatic carbocycles. The number of carbonyl (C=O) groups excluding carboxylic acids is 1. The maximum Gasteiger partial charge on any atom is 0.327 e. The number of benzene rings is 1. The van der Waals surface area contributed by atoms with Crippen LogP contribution in [0, 0.1) is 0 Å². The molecule has 1 atom stereocenters. The Morgan fingerprint density at radius 3 is 3.00 bits per heavy atom. The fourth-order valence-electron chi connectivity index (χ4n) is 1.95. The van der Waals surface area contributed by atoms with Gasteiger partial charge in [-0.15, -0.1) is 6.58 Å². The van der Waals surface area contributed by atoms with Crippen LogP contribution in [0.3, 0.4) is 0 Å². The molecular formula is C14H16ClNO4. The van der Waals surface area contributed by atoms with E-state index in [-0.39, 0.29) is 0 Å². The Labute approximate surface area is 122 Å². The molecule has 0 aromatic heterocycles. The summed E-state index contributed by atoms with van der Waals surface area (Å²) in [6.07, 6.45) is 1.66. The summed E-state index contributed by atoms with van der Waals surface area (Å²) in [5, 5.41) is 3.43. The fourth-order valence-corrected chi connectivity index (χ4v) is 2.23. The highest BCUT2D eigenvalue weighted by Gasteiger charge is 2.25. The van der Waals surface area contributed by atoms with Gasteiger partial charge in [0.05, 0.1) is 12.1 Å². The van der Waals surface area contributed by atoms with Crippen molar-refractivity contribution in [3.63, 3.8) is 0 Å². The Kier molecular flexibility index (Phi) is 4.87. The largest absolute Gasteiger partial charge is 0.486 e. The molecule has 0 radical (unpaired) electrons. The Morgan fingerprint density at radius 1 is 1.55 bits per heavy atom. The second kappa shape index (κ2) is 6.63. The van der Waals surface area contributed by atoms with Gasteiger partial charge in [0.15, 0.2) is 11.5 Å². The topological polar surface area (TPSA) is 56.8 Å². The van der Waals surface area contributed by atoms with Gasteiger partial charge >= 0.3 is 5.97 Å². The normalized spacial score (nSPS) is 14.5. The highest BCUT2D eigenvalue weighted by Crippen LogP contribution is 2.39. The van der Waals surface area contributed by atoms with Crippen LogP contribution in [0.2, 0.25) is 5.02 Å². The molecule has 0 saturated carbocycles. The summed E-state index contributed by atoms with van der Waals surface area (Å²) in [5.74, 6) is 0.640. The number of ether oxygens (including phenoxy) is 3. The van der Waals surface area contributed by atoms with E-state index in [4.69, 9.17) is 25.8 Å². The van der Waals surface area contributed by atoms with Crippen molar-refractivity contribution in [3.8, 4) is 11.5 Å². The average Bonchev–Trinajstić information content (AvgIpc) is 2.47. The summed E-state index contributed by atoms with van der Waals surface area (Å²) in [6, 6.07) is 2.77. The molecule has 0 bridgehead atoms. The van der Waals surface area contributed by atoms with E-state index in [0.717, 1.165) is 0 Å². The van der Waals surface area contributed by atoms with Crippen molar-refractivity contribution in [2.24, 2.45) is 0 Å². The van der Waals surface area contributed by atoms with Gasteiger partial charge in [0.25, 0.3) is 0 Å². The molecule has 1 N–H and O–H groups in total. The van der Waals surface area contributed by atoms with Gasteiger partial charge in [0.1, 0.15) is 19.3 Å². The van der Waals surface area contributed by atoms with Gasteiger partial charge in [-0.2, -0.15) is 0 Å². The number of nitrogens with one attached hydrogen (secondary N) is 1. The van der Waals surface area contributed by atoms with Gasteiger partial charge in [-0.05, 0) is 17.7 Å². The van der Waals surface area contributed by atoms with Crippen molar-refractivity contribution >= 4 is 17.6 Å². The van der Waals surface area contributed by atoms with Crippen LogP contribution in [0.5, 0.6) is 11.5 Å². The second-order valence-corrected chi connectivity index (χ2v) is 4.59. The first-order valence-electron chi connectivity index (χ1n) is 6.18. The minimum atomic E-state index is -0.633. The molecule has 5 nitrogen and oxygen atoms in total. The van der Waals surface area contributed by atoms with Crippen LogP contribution < -0.4 is 14.8 Å². The van der Waals surface area contributed by atoms with Crippen LogP contribution >= 0.6 is 11.6 Å². The lowest BCUT2D eigenvalue weighted by atomic mass is 10.1. The monoisotopic (exact) mass is 297 g/mol. The molecule has 0 amide bonds. The average molecular weight is 298 g/mol. The van der Waals surface area contributed by atoms with Gasteiger partial charge in [0, 0.05) is 6.54 Å². The van der Waals surface area contributed by atoms with Crippen LogP contribution in [0.1, 0.15) is 11.6 Å². The lowest BCUT2D eigenvalue weighted by Crippen LogP contribution is -2.30.